The number of aromatic nitrogens is 4. The van der Waals surface area contributed by atoms with Crippen molar-refractivity contribution in [1.82, 2.24) is 25.1 Å². The maximum Gasteiger partial charge on any atom is 0.441 e. The molecule has 0 fully saturated rings. The van der Waals surface area contributed by atoms with Gasteiger partial charge < -0.3 is 5.32 Å². The van der Waals surface area contributed by atoms with E-state index in [1.807, 2.05) is 0 Å². The average Bonchev–Trinajstić information content (AvgIpc) is 2.96. The molecule has 0 saturated heterocycles. The molecule has 1 N–H and O–H groups in total. The maximum absolute atomic E-state index is 11.9. The van der Waals surface area contributed by atoms with Gasteiger partial charge in [-0.1, -0.05) is 0 Å². The van der Waals surface area contributed by atoms with E-state index in [1.165, 1.54) is 24.9 Å². The van der Waals surface area contributed by atoms with E-state index >= 15 is 0 Å². The van der Waals surface area contributed by atoms with E-state index in [1.54, 1.807) is 10.6 Å². The van der Waals surface area contributed by atoms with E-state index in [2.05, 4.69) is 20.5 Å². The lowest BCUT2D eigenvalue weighted by Crippen LogP contribution is -2.26. The van der Waals surface area contributed by atoms with Crippen molar-refractivity contribution < 1.29 is 18.0 Å². The van der Waals surface area contributed by atoms with E-state index in [9.17, 15) is 18.0 Å². The summed E-state index contributed by atoms with van der Waals surface area (Å²) in [5.41, 5.74) is -4.02. The molecule has 0 aliphatic carbocycles. The molecule has 0 aromatic carbocycles. The van der Waals surface area contributed by atoms with Gasteiger partial charge in [-0.05, 0) is 23.9 Å². The van der Waals surface area contributed by atoms with Crippen LogP contribution >= 0.6 is 11.8 Å². The van der Waals surface area contributed by atoms with Crippen molar-refractivity contribution in [3.05, 3.63) is 36.5 Å². The van der Waals surface area contributed by atoms with Crippen LogP contribution in [-0.2, 0) is 0 Å². The highest BCUT2D eigenvalue weighted by Gasteiger charge is 2.27. The highest BCUT2D eigenvalue weighted by Crippen LogP contribution is 2.29. The van der Waals surface area contributed by atoms with Gasteiger partial charge in [-0.3, -0.25) is 9.36 Å². The minimum absolute atomic E-state index is 0.0732. The Labute approximate surface area is 121 Å². The minimum Gasteiger partial charge on any atom is -0.351 e. The average molecular weight is 317 g/mol. The molecule has 0 aliphatic heterocycles. The minimum atomic E-state index is -4.28. The standard InChI is InChI=1S/C11H10F3N5OS/c12-11(13,14)21-4-3-15-10(20)8-1-2-9(16-5-8)19-6-17-18-7-19/h1-2,5-7H,3-4H2,(H,15,20). The number of pyridine rings is 1. The number of rotatable bonds is 5. The second-order valence-electron chi connectivity index (χ2n) is 3.82. The van der Waals surface area contributed by atoms with Crippen LogP contribution in [0.2, 0.25) is 0 Å². The molecule has 2 heterocycles. The van der Waals surface area contributed by atoms with Gasteiger partial charge in [-0.25, -0.2) is 4.98 Å². The Bertz CT molecular complexity index is 585. The molecule has 0 radical (unpaired) electrons. The molecule has 0 aliphatic rings. The summed E-state index contributed by atoms with van der Waals surface area (Å²) in [4.78, 5) is 15.7. The highest BCUT2D eigenvalue weighted by atomic mass is 32.2. The Morgan fingerprint density at radius 1 is 1.29 bits per heavy atom. The Morgan fingerprint density at radius 2 is 2.00 bits per heavy atom. The molecule has 0 spiro atoms. The number of carbonyl (C=O) groups is 1. The van der Waals surface area contributed by atoms with Gasteiger partial charge in [-0.2, -0.15) is 13.2 Å². The summed E-state index contributed by atoms with van der Waals surface area (Å²) in [6, 6.07) is 3.11. The number of hydrogen-bond donors (Lipinski definition) is 1. The number of nitrogens with one attached hydrogen (secondary N) is 1. The third kappa shape index (κ3) is 4.74. The lowest BCUT2D eigenvalue weighted by atomic mass is 10.2. The molecule has 2 aromatic rings. The van der Waals surface area contributed by atoms with Crippen LogP contribution in [-0.4, -0.2) is 43.5 Å². The van der Waals surface area contributed by atoms with Crippen LogP contribution < -0.4 is 5.32 Å². The summed E-state index contributed by atoms with van der Waals surface area (Å²) in [5, 5.41) is 9.65. The van der Waals surface area contributed by atoms with E-state index in [0.29, 0.717) is 5.82 Å². The first-order valence-corrected chi connectivity index (χ1v) is 6.74. The van der Waals surface area contributed by atoms with Gasteiger partial charge in [0.15, 0.2) is 0 Å². The molecule has 0 unspecified atom stereocenters. The molecule has 10 heteroatoms. The first-order chi connectivity index (χ1) is 9.96. The van der Waals surface area contributed by atoms with Gasteiger partial charge in [0, 0.05) is 18.5 Å². The topological polar surface area (TPSA) is 72.7 Å². The number of hydrogen-bond acceptors (Lipinski definition) is 5. The van der Waals surface area contributed by atoms with Gasteiger partial charge in [0.05, 0.1) is 5.56 Å². The number of halogens is 3. The number of amides is 1. The SMILES string of the molecule is O=C(NCCSC(F)(F)F)c1ccc(-n2cnnc2)nc1. The van der Waals surface area contributed by atoms with Crippen molar-refractivity contribution >= 4 is 17.7 Å². The Balaban J connectivity index is 1.86. The zero-order chi connectivity index (χ0) is 15.3. The van der Waals surface area contributed by atoms with Crippen LogP contribution in [0.5, 0.6) is 0 Å². The molecule has 2 rings (SSSR count). The van der Waals surface area contributed by atoms with Crippen LogP contribution in [0.1, 0.15) is 10.4 Å². The fourth-order valence-corrected chi connectivity index (χ4v) is 1.86. The third-order valence-electron chi connectivity index (χ3n) is 2.35. The Hall–Kier alpha value is -2.10. The molecule has 21 heavy (non-hydrogen) atoms. The number of thioether (sulfide) groups is 1. The number of nitrogens with zero attached hydrogens (tertiary/aromatic N) is 4. The smallest absolute Gasteiger partial charge is 0.351 e. The number of carbonyl (C=O) groups excluding carboxylic acids is 1. The zero-order valence-corrected chi connectivity index (χ0v) is 11.4. The van der Waals surface area contributed by atoms with Gasteiger partial charge >= 0.3 is 5.51 Å². The van der Waals surface area contributed by atoms with Gasteiger partial charge in [-0.15, -0.1) is 10.2 Å². The molecular weight excluding hydrogens is 307 g/mol. The van der Waals surface area contributed by atoms with Gasteiger partial charge in [0.1, 0.15) is 18.5 Å². The van der Waals surface area contributed by atoms with E-state index < -0.39 is 11.4 Å². The van der Waals surface area contributed by atoms with E-state index in [4.69, 9.17) is 0 Å². The molecule has 0 bridgehead atoms. The fourth-order valence-electron chi connectivity index (χ4n) is 1.43. The van der Waals surface area contributed by atoms with Crippen LogP contribution in [0.25, 0.3) is 5.82 Å². The molecule has 112 valence electrons. The van der Waals surface area contributed by atoms with E-state index in [-0.39, 0.29) is 29.6 Å². The lowest BCUT2D eigenvalue weighted by Gasteiger charge is -2.07. The van der Waals surface area contributed by atoms with Crippen molar-refractivity contribution in [2.75, 3.05) is 12.3 Å². The van der Waals surface area contributed by atoms with Crippen LogP contribution in [0.4, 0.5) is 13.2 Å². The van der Waals surface area contributed by atoms with Crippen LogP contribution in [0.3, 0.4) is 0 Å². The van der Waals surface area contributed by atoms with Crippen molar-refractivity contribution in [1.29, 1.82) is 0 Å². The summed E-state index contributed by atoms with van der Waals surface area (Å²) >= 11 is -0.176. The first kappa shape index (κ1) is 15.3. The molecule has 1 amide bonds. The quantitative estimate of drug-likeness (QED) is 0.849. The molecule has 0 saturated carbocycles. The monoisotopic (exact) mass is 317 g/mol. The van der Waals surface area contributed by atoms with E-state index in [0.717, 1.165) is 0 Å². The summed E-state index contributed by atoms with van der Waals surface area (Å²) in [6.45, 7) is -0.0732. The molecule has 2 aromatic heterocycles. The molecular formula is C11H10F3N5OS. The van der Waals surface area contributed by atoms with Crippen molar-refractivity contribution in [2.24, 2.45) is 0 Å². The first-order valence-electron chi connectivity index (χ1n) is 5.75. The highest BCUT2D eigenvalue weighted by molar-refractivity contribution is 8.00. The lowest BCUT2D eigenvalue weighted by molar-refractivity contribution is -0.0327. The normalized spacial score (nSPS) is 11.4. The van der Waals surface area contributed by atoms with Crippen molar-refractivity contribution in [2.45, 2.75) is 5.51 Å². The summed E-state index contributed by atoms with van der Waals surface area (Å²) < 4.78 is 37.3. The fraction of sp³-hybridized carbons (Fsp3) is 0.273. The third-order valence-corrected chi connectivity index (χ3v) is 3.08. The Morgan fingerprint density at radius 3 is 2.57 bits per heavy atom. The zero-order valence-electron chi connectivity index (χ0n) is 10.5. The summed E-state index contributed by atoms with van der Waals surface area (Å²) in [6.07, 6.45) is 4.24. The maximum atomic E-state index is 11.9. The van der Waals surface area contributed by atoms with Gasteiger partial charge in [0.2, 0.25) is 0 Å². The second-order valence-corrected chi connectivity index (χ2v) is 4.98. The van der Waals surface area contributed by atoms with Crippen molar-refractivity contribution in [3.63, 3.8) is 0 Å². The summed E-state index contributed by atoms with van der Waals surface area (Å²) in [7, 11) is 0. The van der Waals surface area contributed by atoms with Crippen LogP contribution in [0.15, 0.2) is 31.0 Å². The molecule has 0 atom stereocenters. The number of alkyl halides is 3. The second kappa shape index (κ2) is 6.57. The molecule has 6 nitrogen and oxygen atoms in total. The predicted molar refractivity (Wildman–Crippen MR) is 70.0 cm³/mol. The largest absolute Gasteiger partial charge is 0.441 e. The predicted octanol–water partition coefficient (Wildman–Crippen LogP) is 1.65. The van der Waals surface area contributed by atoms with Gasteiger partial charge in [0.25, 0.3) is 5.91 Å². The summed E-state index contributed by atoms with van der Waals surface area (Å²) in [5.74, 6) is -0.175. The van der Waals surface area contributed by atoms with Crippen LogP contribution in [0, 0.1) is 0 Å². The van der Waals surface area contributed by atoms with Crippen molar-refractivity contribution in [3.8, 4) is 5.82 Å². The Kier molecular flexibility index (Phi) is 4.78.